The number of anilines is 2. The maximum atomic E-state index is 11.0. The molecule has 0 unspecified atom stereocenters. The van der Waals surface area contributed by atoms with E-state index in [0.717, 1.165) is 33.6 Å². The van der Waals surface area contributed by atoms with Crippen LogP contribution in [-0.2, 0) is 21.7 Å². The summed E-state index contributed by atoms with van der Waals surface area (Å²) in [7, 11) is 0. The highest BCUT2D eigenvalue weighted by atomic mass is 16.3. The van der Waals surface area contributed by atoms with E-state index in [0.29, 0.717) is 11.5 Å². The average Bonchev–Trinajstić information content (AvgIpc) is 2.57. The second-order valence-electron chi connectivity index (χ2n) is 13.1. The van der Waals surface area contributed by atoms with Gasteiger partial charge in [0.15, 0.2) is 0 Å². The van der Waals surface area contributed by atoms with Crippen molar-refractivity contribution in [1.29, 1.82) is 0 Å². The first-order chi connectivity index (χ1) is 14.2. The number of rotatable bonds is 3. The SMILES string of the molecule is CC(C)(C)c1cc(NNc2cc(C(C)(C)C)c(O)c(C(C)(C)C)c2)cc(C(C)(C)C)c1O. The van der Waals surface area contributed by atoms with E-state index in [1.54, 1.807) is 0 Å². The molecule has 2 aromatic rings. The molecule has 178 valence electrons. The number of benzene rings is 2. The molecule has 0 atom stereocenters. The molecular formula is C28H44N2O2. The second-order valence-corrected chi connectivity index (χ2v) is 13.1. The molecule has 0 saturated heterocycles. The Bertz CT molecular complexity index is 827. The van der Waals surface area contributed by atoms with Crippen LogP contribution in [0.25, 0.3) is 0 Å². The van der Waals surface area contributed by atoms with Gasteiger partial charge in [-0.15, -0.1) is 0 Å². The fourth-order valence-electron chi connectivity index (χ4n) is 3.84. The van der Waals surface area contributed by atoms with Gasteiger partial charge in [0.2, 0.25) is 0 Å². The second kappa shape index (κ2) is 8.20. The molecule has 0 heterocycles. The van der Waals surface area contributed by atoms with Crippen LogP contribution >= 0.6 is 0 Å². The zero-order valence-corrected chi connectivity index (χ0v) is 22.2. The Labute approximate surface area is 195 Å². The molecule has 0 aliphatic heterocycles. The van der Waals surface area contributed by atoms with E-state index in [9.17, 15) is 10.2 Å². The van der Waals surface area contributed by atoms with Gasteiger partial charge in [-0.1, -0.05) is 83.1 Å². The quantitative estimate of drug-likeness (QED) is 0.291. The first-order valence-electron chi connectivity index (χ1n) is 11.5. The molecular weight excluding hydrogens is 396 g/mol. The third kappa shape index (κ3) is 5.70. The van der Waals surface area contributed by atoms with Gasteiger partial charge in [0.05, 0.1) is 11.4 Å². The summed E-state index contributed by atoms with van der Waals surface area (Å²) >= 11 is 0. The van der Waals surface area contributed by atoms with Gasteiger partial charge in [-0.05, 0) is 45.9 Å². The lowest BCUT2D eigenvalue weighted by atomic mass is 9.79. The Hall–Kier alpha value is -2.36. The number of hydrogen-bond acceptors (Lipinski definition) is 4. The number of aromatic hydroxyl groups is 2. The maximum Gasteiger partial charge on any atom is 0.123 e. The summed E-state index contributed by atoms with van der Waals surface area (Å²) in [6.07, 6.45) is 0. The van der Waals surface area contributed by atoms with Crippen molar-refractivity contribution in [2.24, 2.45) is 0 Å². The summed E-state index contributed by atoms with van der Waals surface area (Å²) in [5.74, 6) is 0.732. The summed E-state index contributed by atoms with van der Waals surface area (Å²) in [4.78, 5) is 0. The van der Waals surface area contributed by atoms with Gasteiger partial charge in [-0.25, -0.2) is 0 Å². The van der Waals surface area contributed by atoms with Crippen LogP contribution < -0.4 is 10.9 Å². The van der Waals surface area contributed by atoms with E-state index in [1.807, 2.05) is 24.3 Å². The van der Waals surface area contributed by atoms with E-state index in [2.05, 4.69) is 93.9 Å². The van der Waals surface area contributed by atoms with E-state index < -0.39 is 0 Å². The molecule has 0 aliphatic carbocycles. The minimum atomic E-state index is -0.195. The lowest BCUT2D eigenvalue weighted by Gasteiger charge is -2.29. The molecule has 0 amide bonds. The van der Waals surface area contributed by atoms with Crippen LogP contribution in [0.15, 0.2) is 24.3 Å². The molecule has 0 spiro atoms. The number of hydrazine groups is 1. The van der Waals surface area contributed by atoms with E-state index in [1.165, 1.54) is 0 Å². The molecule has 0 bridgehead atoms. The fraction of sp³-hybridized carbons (Fsp3) is 0.571. The molecule has 0 fully saturated rings. The van der Waals surface area contributed by atoms with Crippen LogP contribution in [0.5, 0.6) is 11.5 Å². The number of nitrogens with one attached hydrogen (secondary N) is 2. The van der Waals surface area contributed by atoms with E-state index in [4.69, 9.17) is 0 Å². The molecule has 32 heavy (non-hydrogen) atoms. The Morgan fingerprint density at radius 2 is 0.625 bits per heavy atom. The lowest BCUT2D eigenvalue weighted by Crippen LogP contribution is -2.20. The zero-order valence-electron chi connectivity index (χ0n) is 22.2. The predicted octanol–water partition coefficient (Wildman–Crippen LogP) is 7.73. The van der Waals surface area contributed by atoms with Crippen molar-refractivity contribution < 1.29 is 10.2 Å². The smallest absolute Gasteiger partial charge is 0.123 e. The highest BCUT2D eigenvalue weighted by Gasteiger charge is 2.28. The topological polar surface area (TPSA) is 64.5 Å². The van der Waals surface area contributed by atoms with Crippen LogP contribution in [0.2, 0.25) is 0 Å². The molecule has 2 aromatic carbocycles. The van der Waals surface area contributed by atoms with Crippen LogP contribution in [0.1, 0.15) is 105 Å². The average molecular weight is 441 g/mol. The molecule has 4 N–H and O–H groups in total. The minimum absolute atomic E-state index is 0.195. The van der Waals surface area contributed by atoms with Crippen molar-refractivity contribution in [2.75, 3.05) is 10.9 Å². The third-order valence-electron chi connectivity index (χ3n) is 5.80. The largest absolute Gasteiger partial charge is 0.507 e. The van der Waals surface area contributed by atoms with Crippen molar-refractivity contribution in [3.05, 3.63) is 46.5 Å². The van der Waals surface area contributed by atoms with Gasteiger partial charge in [0, 0.05) is 22.3 Å². The van der Waals surface area contributed by atoms with E-state index >= 15 is 0 Å². The molecule has 0 radical (unpaired) electrons. The summed E-state index contributed by atoms with van der Waals surface area (Å²) < 4.78 is 0. The van der Waals surface area contributed by atoms with Crippen LogP contribution in [-0.4, -0.2) is 10.2 Å². The molecule has 4 nitrogen and oxygen atoms in total. The van der Waals surface area contributed by atoms with Gasteiger partial charge in [-0.3, -0.25) is 0 Å². The van der Waals surface area contributed by atoms with Crippen molar-refractivity contribution in [2.45, 2.75) is 105 Å². The Kier molecular flexibility index (Phi) is 6.64. The summed E-state index contributed by atoms with van der Waals surface area (Å²) in [6.45, 7) is 25.3. The van der Waals surface area contributed by atoms with Crippen LogP contribution in [0, 0.1) is 0 Å². The number of phenolic OH excluding ortho intramolecular Hbond substituents is 2. The van der Waals surface area contributed by atoms with Crippen molar-refractivity contribution in [1.82, 2.24) is 0 Å². The van der Waals surface area contributed by atoms with Gasteiger partial charge >= 0.3 is 0 Å². The molecule has 0 aromatic heterocycles. The molecule has 0 aliphatic rings. The van der Waals surface area contributed by atoms with Gasteiger partial charge in [-0.2, -0.15) is 0 Å². The first kappa shape index (κ1) is 25.9. The van der Waals surface area contributed by atoms with Gasteiger partial charge < -0.3 is 21.1 Å². The third-order valence-corrected chi connectivity index (χ3v) is 5.80. The first-order valence-corrected chi connectivity index (χ1v) is 11.5. The fourth-order valence-corrected chi connectivity index (χ4v) is 3.84. The Morgan fingerprint density at radius 3 is 0.781 bits per heavy atom. The number of hydrogen-bond donors (Lipinski definition) is 4. The van der Waals surface area contributed by atoms with Crippen LogP contribution in [0.3, 0.4) is 0 Å². The summed E-state index contributed by atoms with van der Waals surface area (Å²) in [5.41, 5.74) is 11.3. The normalized spacial score (nSPS) is 13.2. The lowest BCUT2D eigenvalue weighted by molar-refractivity contribution is 0.422. The highest BCUT2D eigenvalue weighted by molar-refractivity contribution is 5.64. The standard InChI is InChI=1S/C28H44N2O2/c1-25(2,3)19-13-17(14-20(23(19)31)26(4,5)6)29-30-18-15-21(27(7,8)9)24(32)22(16-18)28(10,11)12/h13-16,29-32H,1-12H3. The van der Waals surface area contributed by atoms with Gasteiger partial charge in [0.1, 0.15) is 11.5 Å². The van der Waals surface area contributed by atoms with Crippen LogP contribution in [0.4, 0.5) is 11.4 Å². The molecule has 2 rings (SSSR count). The van der Waals surface area contributed by atoms with Crippen molar-refractivity contribution in [3.63, 3.8) is 0 Å². The predicted molar refractivity (Wildman–Crippen MR) is 138 cm³/mol. The molecule has 0 saturated carbocycles. The number of phenols is 2. The Balaban J connectivity index is 2.55. The molecule has 4 heteroatoms. The Morgan fingerprint density at radius 1 is 0.438 bits per heavy atom. The van der Waals surface area contributed by atoms with E-state index in [-0.39, 0.29) is 21.7 Å². The van der Waals surface area contributed by atoms with Crippen molar-refractivity contribution >= 4 is 11.4 Å². The zero-order chi connectivity index (χ0) is 24.9. The highest BCUT2D eigenvalue weighted by Crippen LogP contribution is 2.42. The summed E-state index contributed by atoms with van der Waals surface area (Å²) in [5, 5.41) is 22.0. The summed E-state index contributed by atoms with van der Waals surface area (Å²) in [6, 6.07) is 8.03. The van der Waals surface area contributed by atoms with Crippen molar-refractivity contribution in [3.8, 4) is 11.5 Å². The minimum Gasteiger partial charge on any atom is -0.507 e. The monoisotopic (exact) mass is 440 g/mol. The maximum absolute atomic E-state index is 11.0. The van der Waals surface area contributed by atoms with Gasteiger partial charge in [0.25, 0.3) is 0 Å².